The summed E-state index contributed by atoms with van der Waals surface area (Å²) in [6.07, 6.45) is 10.3. The van der Waals surface area contributed by atoms with Crippen molar-refractivity contribution in [3.8, 4) is 0 Å². The van der Waals surface area contributed by atoms with Crippen molar-refractivity contribution >= 4 is 23.0 Å². The van der Waals surface area contributed by atoms with Crippen LogP contribution in [0.25, 0.3) is 0 Å². The van der Waals surface area contributed by atoms with Gasteiger partial charge in [-0.3, -0.25) is 4.98 Å². The molecule has 0 radical (unpaired) electrons. The second-order valence-corrected chi connectivity index (χ2v) is 7.69. The summed E-state index contributed by atoms with van der Waals surface area (Å²) in [6, 6.07) is 18.7. The maximum absolute atomic E-state index is 11.4. The van der Waals surface area contributed by atoms with Crippen LogP contribution in [0.15, 0.2) is 79.3 Å². The van der Waals surface area contributed by atoms with Gasteiger partial charge in [-0.1, -0.05) is 30.3 Å². The highest BCUT2D eigenvalue weighted by atomic mass is 16.4. The molecular weight excluding hydrogens is 386 g/mol. The van der Waals surface area contributed by atoms with Crippen LogP contribution in [0.4, 0.5) is 17.1 Å². The van der Waals surface area contributed by atoms with Crippen LogP contribution in [-0.4, -0.2) is 22.6 Å². The zero-order valence-electron chi connectivity index (χ0n) is 17.7. The molecule has 0 saturated carbocycles. The van der Waals surface area contributed by atoms with Gasteiger partial charge in [0.15, 0.2) is 0 Å². The molecule has 5 heteroatoms. The van der Waals surface area contributed by atoms with Crippen molar-refractivity contribution in [3.05, 3.63) is 96.0 Å². The molecule has 2 N–H and O–H groups in total. The first-order valence-corrected chi connectivity index (χ1v) is 10.7. The van der Waals surface area contributed by atoms with Crippen LogP contribution in [0.2, 0.25) is 0 Å². The molecule has 1 heterocycles. The van der Waals surface area contributed by atoms with E-state index in [4.69, 9.17) is 0 Å². The van der Waals surface area contributed by atoms with Crippen LogP contribution in [-0.2, 0) is 6.42 Å². The number of carboxylic acid groups (broad SMARTS) is 1. The van der Waals surface area contributed by atoms with Gasteiger partial charge in [-0.25, -0.2) is 4.79 Å². The number of hydrogen-bond acceptors (Lipinski definition) is 4. The molecule has 1 aliphatic rings. The van der Waals surface area contributed by atoms with Gasteiger partial charge in [0.1, 0.15) is 0 Å². The lowest BCUT2D eigenvalue weighted by Gasteiger charge is -2.28. The zero-order valence-corrected chi connectivity index (χ0v) is 17.7. The summed E-state index contributed by atoms with van der Waals surface area (Å²) in [7, 11) is 0. The zero-order chi connectivity index (χ0) is 21.6. The molecular formula is C26H27N3O2. The number of carboxylic acids is 1. The van der Waals surface area contributed by atoms with E-state index in [1.807, 2.05) is 12.3 Å². The Labute approximate surface area is 183 Å². The van der Waals surface area contributed by atoms with Crippen molar-refractivity contribution in [1.29, 1.82) is 0 Å². The van der Waals surface area contributed by atoms with Gasteiger partial charge in [0, 0.05) is 30.0 Å². The van der Waals surface area contributed by atoms with Crippen LogP contribution in [0.5, 0.6) is 0 Å². The third-order valence-corrected chi connectivity index (χ3v) is 5.80. The molecule has 0 spiro atoms. The summed E-state index contributed by atoms with van der Waals surface area (Å²) in [5, 5.41) is 12.4. The Balaban J connectivity index is 1.54. The maximum atomic E-state index is 11.4. The first-order valence-electron chi connectivity index (χ1n) is 10.7. The predicted octanol–water partition coefficient (Wildman–Crippen LogP) is 5.98. The van der Waals surface area contributed by atoms with Crippen molar-refractivity contribution in [3.63, 3.8) is 0 Å². The van der Waals surface area contributed by atoms with Crippen molar-refractivity contribution in [2.24, 2.45) is 0 Å². The average Bonchev–Trinajstić information content (AvgIpc) is 2.80. The number of fused-ring (bicyclic) bond motifs is 1. The number of allylic oxidation sites excluding steroid dienone is 1. The average molecular weight is 414 g/mol. The topological polar surface area (TPSA) is 65.5 Å². The molecule has 0 bridgehead atoms. The predicted molar refractivity (Wildman–Crippen MR) is 125 cm³/mol. The van der Waals surface area contributed by atoms with Crippen LogP contribution >= 0.6 is 0 Å². The van der Waals surface area contributed by atoms with Crippen LogP contribution in [0.1, 0.15) is 47.2 Å². The van der Waals surface area contributed by atoms with E-state index in [0.717, 1.165) is 25.8 Å². The number of nitrogens with one attached hydrogen (secondary N) is 1. The quantitative estimate of drug-likeness (QED) is 0.498. The molecule has 2 aromatic carbocycles. The second kappa shape index (κ2) is 9.47. The Bertz CT molecular complexity index is 1080. The summed E-state index contributed by atoms with van der Waals surface area (Å²) in [5.41, 5.74) is 5.87. The number of pyridine rings is 1. The first-order chi connectivity index (χ1) is 15.2. The van der Waals surface area contributed by atoms with Gasteiger partial charge in [-0.2, -0.15) is 0 Å². The molecule has 5 nitrogen and oxygen atoms in total. The fourth-order valence-electron chi connectivity index (χ4n) is 4.28. The van der Waals surface area contributed by atoms with Crippen molar-refractivity contribution in [2.45, 2.75) is 32.1 Å². The van der Waals surface area contributed by atoms with Crippen LogP contribution in [0.3, 0.4) is 0 Å². The monoisotopic (exact) mass is 413 g/mol. The molecule has 158 valence electrons. The normalized spacial score (nSPS) is 15.5. The third kappa shape index (κ3) is 4.61. The van der Waals surface area contributed by atoms with E-state index in [0.29, 0.717) is 11.6 Å². The summed E-state index contributed by atoms with van der Waals surface area (Å²) in [6.45, 7) is 3.08. The lowest BCUT2D eigenvalue weighted by atomic mass is 9.82. The molecule has 0 saturated heterocycles. The van der Waals surface area contributed by atoms with Crippen LogP contribution in [0, 0.1) is 0 Å². The van der Waals surface area contributed by atoms with E-state index in [-0.39, 0.29) is 5.56 Å². The highest BCUT2D eigenvalue weighted by Gasteiger charge is 2.20. The minimum Gasteiger partial charge on any atom is -0.478 e. The van der Waals surface area contributed by atoms with Crippen LogP contribution < -0.4 is 10.2 Å². The van der Waals surface area contributed by atoms with Gasteiger partial charge in [0.05, 0.1) is 17.4 Å². The Morgan fingerprint density at radius 2 is 2.03 bits per heavy atom. The summed E-state index contributed by atoms with van der Waals surface area (Å²) in [4.78, 5) is 17.7. The van der Waals surface area contributed by atoms with Gasteiger partial charge in [-0.05, 0) is 73.8 Å². The SMILES string of the molecule is CCN(c1ccccc1)c1ccc2c(c1)CCCC2/C=C/Nc1cnccc1C(=O)O. The molecule has 1 aromatic heterocycles. The second-order valence-electron chi connectivity index (χ2n) is 7.69. The third-order valence-electron chi connectivity index (χ3n) is 5.80. The van der Waals surface area contributed by atoms with Crippen molar-refractivity contribution in [1.82, 2.24) is 4.98 Å². The lowest BCUT2D eigenvalue weighted by Crippen LogP contribution is -2.17. The molecule has 0 aliphatic heterocycles. The van der Waals surface area contributed by atoms with E-state index in [9.17, 15) is 9.90 Å². The number of benzene rings is 2. The minimum absolute atomic E-state index is 0.217. The Morgan fingerprint density at radius 1 is 1.19 bits per heavy atom. The number of anilines is 3. The summed E-state index contributed by atoms with van der Waals surface area (Å²) < 4.78 is 0. The molecule has 0 fully saturated rings. The van der Waals surface area contributed by atoms with Crippen molar-refractivity contribution in [2.75, 3.05) is 16.8 Å². The standard InChI is InChI=1S/C26H27N3O2/c1-2-29(21-9-4-3-5-10-21)22-11-12-23-19(7-6-8-20(23)17-22)13-16-28-25-18-27-15-14-24(25)26(30)31/h3-5,9-19,28H,2,6-8H2,1H3,(H,30,31)/b16-13+. The molecule has 1 unspecified atom stereocenters. The summed E-state index contributed by atoms with van der Waals surface area (Å²) in [5.74, 6) is -0.658. The number of rotatable bonds is 7. The van der Waals surface area contributed by atoms with Gasteiger partial charge in [0.25, 0.3) is 0 Å². The van der Waals surface area contributed by atoms with E-state index in [2.05, 4.69) is 70.7 Å². The van der Waals surface area contributed by atoms with Gasteiger partial charge in [0.2, 0.25) is 0 Å². The molecule has 1 aliphatic carbocycles. The molecule has 4 rings (SSSR count). The van der Waals surface area contributed by atoms with Crippen molar-refractivity contribution < 1.29 is 9.90 Å². The minimum atomic E-state index is -0.965. The Kier molecular flexibility index (Phi) is 6.32. The number of aromatic carboxylic acids is 1. The Hall–Kier alpha value is -3.60. The van der Waals surface area contributed by atoms with E-state index in [1.165, 1.54) is 41.0 Å². The first kappa shape index (κ1) is 20.7. The number of hydrogen-bond donors (Lipinski definition) is 2. The smallest absolute Gasteiger partial charge is 0.337 e. The molecule has 31 heavy (non-hydrogen) atoms. The number of nitrogens with zero attached hydrogens (tertiary/aromatic N) is 2. The number of carbonyl (C=O) groups is 1. The largest absolute Gasteiger partial charge is 0.478 e. The summed E-state index contributed by atoms with van der Waals surface area (Å²) >= 11 is 0. The fraction of sp³-hybridized carbons (Fsp3) is 0.231. The fourth-order valence-corrected chi connectivity index (χ4v) is 4.28. The maximum Gasteiger partial charge on any atom is 0.337 e. The number of para-hydroxylation sites is 1. The number of aromatic nitrogens is 1. The molecule has 0 amide bonds. The number of aryl methyl sites for hydroxylation is 1. The van der Waals surface area contributed by atoms with Gasteiger partial charge in [-0.15, -0.1) is 0 Å². The molecule has 1 atom stereocenters. The molecule has 3 aromatic rings. The highest BCUT2D eigenvalue weighted by molar-refractivity contribution is 5.94. The Morgan fingerprint density at radius 3 is 2.81 bits per heavy atom. The van der Waals surface area contributed by atoms with Gasteiger partial charge >= 0.3 is 5.97 Å². The van der Waals surface area contributed by atoms with E-state index >= 15 is 0 Å². The highest BCUT2D eigenvalue weighted by Crippen LogP contribution is 2.36. The van der Waals surface area contributed by atoms with E-state index < -0.39 is 5.97 Å². The lowest BCUT2D eigenvalue weighted by molar-refractivity contribution is 0.0698. The van der Waals surface area contributed by atoms with E-state index in [1.54, 1.807) is 0 Å². The van der Waals surface area contributed by atoms with Gasteiger partial charge < -0.3 is 15.3 Å².